The Kier molecular flexibility index (Phi) is 2.98. The molecule has 0 atom stereocenters. The fourth-order valence-corrected chi connectivity index (χ4v) is 4.11. The molecule has 104 valence electrons. The first kappa shape index (κ1) is 13.1. The number of rotatable bonds is 2. The van der Waals surface area contributed by atoms with Crippen molar-refractivity contribution >= 4 is 32.5 Å². The summed E-state index contributed by atoms with van der Waals surface area (Å²) < 4.78 is 40.0. The molecular weight excluding hydrogens is 303 g/mol. The minimum Gasteiger partial charge on any atom is -0.268 e. The molecular formula is C12H9FN2O3S2. The maximum atomic E-state index is 12.8. The Morgan fingerprint density at radius 3 is 2.60 bits per heavy atom. The lowest BCUT2D eigenvalue weighted by molar-refractivity contribution is 0.0854. The maximum Gasteiger partial charge on any atom is 0.327 e. The molecule has 0 fully saturated rings. The average Bonchev–Trinajstić information content (AvgIpc) is 2.84. The summed E-state index contributed by atoms with van der Waals surface area (Å²) in [7, 11) is -3.91. The zero-order valence-electron chi connectivity index (χ0n) is 10.0. The fraction of sp³-hybridized carbons (Fsp3) is 0.0833. The zero-order valence-corrected chi connectivity index (χ0v) is 11.7. The van der Waals surface area contributed by atoms with Crippen LogP contribution < -0.4 is 4.72 Å². The lowest BCUT2D eigenvalue weighted by Crippen LogP contribution is -2.43. The molecule has 0 saturated heterocycles. The smallest absolute Gasteiger partial charge is 0.268 e. The van der Waals surface area contributed by atoms with E-state index in [-0.39, 0.29) is 6.54 Å². The Balaban J connectivity index is 1.96. The summed E-state index contributed by atoms with van der Waals surface area (Å²) in [4.78, 5) is 12.2. The molecule has 5 nitrogen and oxygen atoms in total. The molecule has 1 N–H and O–H groups in total. The molecule has 3 rings (SSSR count). The molecule has 1 aliphatic heterocycles. The average molecular weight is 312 g/mol. The van der Waals surface area contributed by atoms with Gasteiger partial charge in [-0.1, -0.05) is 12.1 Å². The summed E-state index contributed by atoms with van der Waals surface area (Å²) in [5.74, 6) is -0.996. The molecule has 2 heterocycles. The lowest BCUT2D eigenvalue weighted by atomic mass is 10.2. The van der Waals surface area contributed by atoms with Crippen molar-refractivity contribution in [1.29, 1.82) is 0 Å². The van der Waals surface area contributed by atoms with E-state index >= 15 is 0 Å². The van der Waals surface area contributed by atoms with Crippen LogP contribution in [-0.2, 0) is 16.8 Å². The number of benzene rings is 1. The molecule has 20 heavy (non-hydrogen) atoms. The molecule has 8 heteroatoms. The largest absolute Gasteiger partial charge is 0.327 e. The third kappa shape index (κ3) is 2.16. The van der Waals surface area contributed by atoms with E-state index in [4.69, 9.17) is 0 Å². The van der Waals surface area contributed by atoms with E-state index in [9.17, 15) is 17.6 Å². The van der Waals surface area contributed by atoms with Crippen LogP contribution >= 0.6 is 11.3 Å². The van der Waals surface area contributed by atoms with Gasteiger partial charge >= 0.3 is 10.2 Å². The molecule has 1 aromatic carbocycles. The van der Waals surface area contributed by atoms with Crippen LogP contribution in [0.4, 0.5) is 9.39 Å². The number of nitrogens with zero attached hydrogens (tertiary/aromatic N) is 1. The van der Waals surface area contributed by atoms with Gasteiger partial charge in [0.25, 0.3) is 5.91 Å². The summed E-state index contributed by atoms with van der Waals surface area (Å²) in [5, 5.41) is 1.97. The molecule has 0 spiro atoms. The van der Waals surface area contributed by atoms with Crippen LogP contribution in [0.25, 0.3) is 0 Å². The summed E-state index contributed by atoms with van der Waals surface area (Å²) in [5.41, 5.74) is 0.857. The maximum absolute atomic E-state index is 12.8. The van der Waals surface area contributed by atoms with Crippen LogP contribution in [-0.4, -0.2) is 18.6 Å². The number of nitrogens with one attached hydrogen (secondary N) is 1. The van der Waals surface area contributed by atoms with Gasteiger partial charge in [-0.05, 0) is 29.1 Å². The molecule has 2 aromatic rings. The summed E-state index contributed by atoms with van der Waals surface area (Å²) in [6, 6.07) is 6.91. The standard InChI is InChI=1S/C12H9FN2O3S2/c13-9-3-1-8(2-4-9)7-15-12(16)10-5-6-19-11(10)14-20(15,17)18/h1-6,14H,7H2. The first-order valence-corrected chi connectivity index (χ1v) is 7.96. The molecule has 0 saturated carbocycles. The molecule has 1 aromatic heterocycles. The third-order valence-corrected chi connectivity index (χ3v) is 5.17. The van der Waals surface area contributed by atoms with Crippen LogP contribution in [0.2, 0.25) is 0 Å². The SMILES string of the molecule is O=C1c2ccsc2NS(=O)(=O)N1Cc1ccc(F)cc1. The van der Waals surface area contributed by atoms with Crippen molar-refractivity contribution in [2.24, 2.45) is 0 Å². The number of halogens is 1. The molecule has 1 amide bonds. The van der Waals surface area contributed by atoms with Gasteiger partial charge in [0.1, 0.15) is 10.8 Å². The monoisotopic (exact) mass is 312 g/mol. The number of fused-ring (bicyclic) bond motifs is 1. The first-order chi connectivity index (χ1) is 9.47. The van der Waals surface area contributed by atoms with Crippen molar-refractivity contribution in [3.63, 3.8) is 0 Å². The van der Waals surface area contributed by atoms with E-state index in [0.29, 0.717) is 16.1 Å². The normalized spacial score (nSPS) is 16.6. The number of hydrogen-bond acceptors (Lipinski definition) is 4. The second kappa shape index (κ2) is 4.57. The van der Waals surface area contributed by atoms with Gasteiger partial charge in [0.2, 0.25) is 0 Å². The van der Waals surface area contributed by atoms with Gasteiger partial charge in [0, 0.05) is 0 Å². The Labute approximate surface area is 118 Å². The number of carbonyl (C=O) groups excluding carboxylic acids is 1. The predicted molar refractivity (Wildman–Crippen MR) is 73.1 cm³/mol. The van der Waals surface area contributed by atoms with E-state index in [2.05, 4.69) is 4.72 Å². The molecule has 0 radical (unpaired) electrons. The number of amides is 1. The van der Waals surface area contributed by atoms with Crippen molar-refractivity contribution in [2.45, 2.75) is 6.54 Å². The van der Waals surface area contributed by atoms with Crippen LogP contribution in [0.1, 0.15) is 15.9 Å². The Hall–Kier alpha value is -1.93. The van der Waals surface area contributed by atoms with Crippen molar-refractivity contribution in [1.82, 2.24) is 4.31 Å². The van der Waals surface area contributed by atoms with Gasteiger partial charge in [-0.15, -0.1) is 11.3 Å². The van der Waals surface area contributed by atoms with Gasteiger partial charge < -0.3 is 0 Å². The summed E-state index contributed by atoms with van der Waals surface area (Å²) in [6.45, 7) is -0.135. The van der Waals surface area contributed by atoms with E-state index in [1.54, 1.807) is 11.4 Å². The highest BCUT2D eigenvalue weighted by atomic mass is 32.2. The number of carbonyl (C=O) groups is 1. The quantitative estimate of drug-likeness (QED) is 0.924. The molecule has 0 unspecified atom stereocenters. The summed E-state index contributed by atoms with van der Waals surface area (Å²) >= 11 is 1.15. The number of thiophene rings is 1. The van der Waals surface area contributed by atoms with E-state index in [1.165, 1.54) is 24.3 Å². The van der Waals surface area contributed by atoms with Crippen molar-refractivity contribution in [3.8, 4) is 0 Å². The van der Waals surface area contributed by atoms with Gasteiger partial charge in [-0.2, -0.15) is 8.42 Å². The first-order valence-electron chi connectivity index (χ1n) is 5.64. The Morgan fingerprint density at radius 1 is 1.20 bits per heavy atom. The van der Waals surface area contributed by atoms with Crippen molar-refractivity contribution in [2.75, 3.05) is 4.72 Å². The highest BCUT2D eigenvalue weighted by molar-refractivity contribution is 7.91. The topological polar surface area (TPSA) is 66.5 Å². The minimum absolute atomic E-state index is 0.135. The Bertz CT molecular complexity index is 768. The van der Waals surface area contributed by atoms with E-state index < -0.39 is 21.9 Å². The second-order valence-electron chi connectivity index (χ2n) is 4.21. The van der Waals surface area contributed by atoms with Gasteiger partial charge in [0.05, 0.1) is 12.1 Å². The van der Waals surface area contributed by atoms with Crippen LogP contribution in [0.5, 0.6) is 0 Å². The zero-order chi connectivity index (χ0) is 14.3. The molecule has 0 aliphatic carbocycles. The van der Waals surface area contributed by atoms with Gasteiger partial charge in [-0.3, -0.25) is 9.52 Å². The highest BCUT2D eigenvalue weighted by Gasteiger charge is 2.36. The van der Waals surface area contributed by atoms with Gasteiger partial charge in [0.15, 0.2) is 0 Å². The lowest BCUT2D eigenvalue weighted by Gasteiger charge is -2.27. The van der Waals surface area contributed by atoms with Crippen LogP contribution in [0.15, 0.2) is 35.7 Å². The highest BCUT2D eigenvalue weighted by Crippen LogP contribution is 2.32. The summed E-state index contributed by atoms with van der Waals surface area (Å²) in [6.07, 6.45) is 0. The predicted octanol–water partition coefficient (Wildman–Crippen LogP) is 2.20. The van der Waals surface area contributed by atoms with Gasteiger partial charge in [-0.25, -0.2) is 8.70 Å². The second-order valence-corrected chi connectivity index (χ2v) is 6.72. The third-order valence-electron chi connectivity index (χ3n) is 2.87. The van der Waals surface area contributed by atoms with Crippen LogP contribution in [0, 0.1) is 5.82 Å². The van der Waals surface area contributed by atoms with E-state index in [1.807, 2.05) is 0 Å². The Morgan fingerprint density at radius 2 is 1.90 bits per heavy atom. The fourth-order valence-electron chi connectivity index (χ4n) is 1.88. The van der Waals surface area contributed by atoms with Crippen molar-refractivity contribution < 1.29 is 17.6 Å². The van der Waals surface area contributed by atoms with Crippen molar-refractivity contribution in [3.05, 3.63) is 52.7 Å². The number of anilines is 1. The van der Waals surface area contributed by atoms with Crippen LogP contribution in [0.3, 0.4) is 0 Å². The molecule has 0 bridgehead atoms. The minimum atomic E-state index is -3.91. The number of hydrogen-bond donors (Lipinski definition) is 1. The molecule has 1 aliphatic rings. The van der Waals surface area contributed by atoms with E-state index in [0.717, 1.165) is 15.6 Å².